The van der Waals surface area contributed by atoms with Gasteiger partial charge in [0.25, 0.3) is 0 Å². The molecule has 0 aliphatic heterocycles. The number of ketones is 1. The molecule has 0 amide bonds. The average Bonchev–Trinajstić information content (AvgIpc) is 2.34. The molecule has 18 heavy (non-hydrogen) atoms. The molecule has 1 aromatic heterocycles. The Labute approximate surface area is 117 Å². The third-order valence-corrected chi connectivity index (χ3v) is 4.05. The molecule has 0 bridgehead atoms. The summed E-state index contributed by atoms with van der Waals surface area (Å²) < 4.78 is 0. The number of nitrogens with zero attached hydrogens (tertiary/aromatic N) is 2. The zero-order valence-electron chi connectivity index (χ0n) is 10.4. The van der Waals surface area contributed by atoms with Crippen LogP contribution in [0.3, 0.4) is 0 Å². The van der Waals surface area contributed by atoms with Crippen LogP contribution in [0.1, 0.15) is 43.5 Å². The Bertz CT molecular complexity index is 433. The summed E-state index contributed by atoms with van der Waals surface area (Å²) in [5, 5.41) is 0.605. The summed E-state index contributed by atoms with van der Waals surface area (Å²) in [7, 11) is 0. The van der Waals surface area contributed by atoms with Crippen LogP contribution in [0, 0.1) is 12.8 Å². The lowest BCUT2D eigenvalue weighted by Crippen LogP contribution is -2.20. The molecule has 5 heteroatoms. The van der Waals surface area contributed by atoms with Gasteiger partial charge in [0.2, 0.25) is 0 Å². The van der Waals surface area contributed by atoms with Gasteiger partial charge in [0.1, 0.15) is 21.9 Å². The van der Waals surface area contributed by atoms with E-state index in [0.29, 0.717) is 21.7 Å². The fourth-order valence-electron chi connectivity index (χ4n) is 2.42. The number of carbonyl (C=O) groups excluding carboxylic acids is 1. The van der Waals surface area contributed by atoms with Gasteiger partial charge in [-0.1, -0.05) is 42.5 Å². The first kappa shape index (κ1) is 13.8. The monoisotopic (exact) mass is 286 g/mol. The van der Waals surface area contributed by atoms with Gasteiger partial charge in [-0.05, 0) is 19.8 Å². The highest BCUT2D eigenvalue weighted by Crippen LogP contribution is 2.28. The summed E-state index contributed by atoms with van der Waals surface area (Å²) in [6.45, 7) is 1.73. The number of carbonyl (C=O) groups is 1. The second-order valence-corrected chi connectivity index (χ2v) is 5.53. The summed E-state index contributed by atoms with van der Waals surface area (Å²) in [4.78, 5) is 20.3. The molecule has 1 aliphatic carbocycles. The summed E-state index contributed by atoms with van der Waals surface area (Å²) in [6, 6.07) is 0. The van der Waals surface area contributed by atoms with E-state index in [-0.39, 0.29) is 18.1 Å². The van der Waals surface area contributed by atoms with Gasteiger partial charge in [0.05, 0.1) is 0 Å². The standard InChI is InChI=1S/C13H16Cl2N2O/c1-8-16-12(14)10(13(15)17-8)7-11(18)9-5-3-2-4-6-9/h9H,2-7H2,1H3. The van der Waals surface area contributed by atoms with Crippen molar-refractivity contribution >= 4 is 29.0 Å². The highest BCUT2D eigenvalue weighted by molar-refractivity contribution is 6.34. The normalized spacial score (nSPS) is 16.8. The fraction of sp³-hybridized carbons (Fsp3) is 0.615. The molecular formula is C13H16Cl2N2O. The minimum Gasteiger partial charge on any atom is -0.299 e. The molecule has 1 fully saturated rings. The molecule has 98 valence electrons. The number of hydrogen-bond donors (Lipinski definition) is 0. The summed E-state index contributed by atoms with van der Waals surface area (Å²) in [6.07, 6.45) is 5.74. The minimum atomic E-state index is 0.159. The summed E-state index contributed by atoms with van der Waals surface area (Å²) >= 11 is 12.1. The van der Waals surface area contributed by atoms with Crippen molar-refractivity contribution < 1.29 is 4.79 Å². The van der Waals surface area contributed by atoms with Crippen molar-refractivity contribution in [2.24, 2.45) is 5.92 Å². The fourth-order valence-corrected chi connectivity index (χ4v) is 3.02. The van der Waals surface area contributed by atoms with Crippen LogP contribution in [-0.2, 0) is 11.2 Å². The van der Waals surface area contributed by atoms with Gasteiger partial charge in [-0.2, -0.15) is 0 Å². The molecule has 0 N–H and O–H groups in total. The number of rotatable bonds is 3. The first-order valence-electron chi connectivity index (χ1n) is 6.29. The lowest BCUT2D eigenvalue weighted by atomic mass is 9.84. The summed E-state index contributed by atoms with van der Waals surface area (Å²) in [5.41, 5.74) is 0.569. The predicted molar refractivity (Wildman–Crippen MR) is 72.1 cm³/mol. The van der Waals surface area contributed by atoms with Crippen LogP contribution in [0.2, 0.25) is 10.3 Å². The third-order valence-electron chi connectivity index (χ3n) is 3.43. The Balaban J connectivity index is 2.11. The van der Waals surface area contributed by atoms with Gasteiger partial charge < -0.3 is 0 Å². The van der Waals surface area contributed by atoms with Gasteiger partial charge in [-0.3, -0.25) is 4.79 Å². The lowest BCUT2D eigenvalue weighted by molar-refractivity contribution is -0.123. The number of aryl methyl sites for hydroxylation is 1. The number of hydrogen-bond acceptors (Lipinski definition) is 3. The van der Waals surface area contributed by atoms with Crippen LogP contribution >= 0.6 is 23.2 Å². The zero-order valence-corrected chi connectivity index (χ0v) is 11.9. The van der Waals surface area contributed by atoms with E-state index in [9.17, 15) is 4.79 Å². The van der Waals surface area contributed by atoms with E-state index in [0.717, 1.165) is 25.7 Å². The Hall–Kier alpha value is -0.670. The molecule has 2 rings (SSSR count). The molecule has 0 unspecified atom stereocenters. The number of Topliss-reactive ketones (excluding diaryl/α,β-unsaturated/α-hetero) is 1. The quantitative estimate of drug-likeness (QED) is 0.794. The maximum Gasteiger partial charge on any atom is 0.140 e. The molecule has 1 heterocycles. The van der Waals surface area contributed by atoms with Crippen LogP contribution in [0.4, 0.5) is 0 Å². The van der Waals surface area contributed by atoms with Gasteiger partial charge in [-0.25, -0.2) is 9.97 Å². The molecule has 1 saturated carbocycles. The second kappa shape index (κ2) is 5.98. The van der Waals surface area contributed by atoms with E-state index in [2.05, 4.69) is 9.97 Å². The second-order valence-electron chi connectivity index (χ2n) is 4.81. The van der Waals surface area contributed by atoms with E-state index >= 15 is 0 Å². The maximum atomic E-state index is 12.2. The van der Waals surface area contributed by atoms with Crippen molar-refractivity contribution in [1.82, 2.24) is 9.97 Å². The molecule has 0 radical (unpaired) electrons. The SMILES string of the molecule is Cc1nc(Cl)c(CC(=O)C2CCCCC2)c(Cl)n1. The minimum absolute atomic E-state index is 0.159. The highest BCUT2D eigenvalue weighted by atomic mass is 35.5. The first-order valence-corrected chi connectivity index (χ1v) is 7.04. The molecule has 3 nitrogen and oxygen atoms in total. The van der Waals surface area contributed by atoms with Crippen molar-refractivity contribution in [3.63, 3.8) is 0 Å². The van der Waals surface area contributed by atoms with Gasteiger partial charge >= 0.3 is 0 Å². The topological polar surface area (TPSA) is 42.9 Å². The Morgan fingerprint density at radius 1 is 1.17 bits per heavy atom. The molecule has 0 aromatic carbocycles. The Kier molecular flexibility index (Phi) is 4.57. The zero-order chi connectivity index (χ0) is 13.1. The van der Waals surface area contributed by atoms with E-state index in [4.69, 9.17) is 23.2 Å². The van der Waals surface area contributed by atoms with Crippen LogP contribution in [0.25, 0.3) is 0 Å². The van der Waals surface area contributed by atoms with Crippen molar-refractivity contribution in [1.29, 1.82) is 0 Å². The van der Waals surface area contributed by atoms with Gasteiger partial charge in [0, 0.05) is 17.9 Å². The van der Waals surface area contributed by atoms with Crippen LogP contribution in [0.15, 0.2) is 0 Å². The summed E-state index contributed by atoms with van der Waals surface area (Å²) in [5.74, 6) is 0.900. The van der Waals surface area contributed by atoms with E-state index in [1.54, 1.807) is 6.92 Å². The molecule has 1 aromatic rings. The third kappa shape index (κ3) is 3.21. The van der Waals surface area contributed by atoms with Crippen LogP contribution < -0.4 is 0 Å². The molecule has 1 aliphatic rings. The van der Waals surface area contributed by atoms with E-state index in [1.807, 2.05) is 0 Å². The molecular weight excluding hydrogens is 271 g/mol. The van der Waals surface area contributed by atoms with Crippen LogP contribution in [-0.4, -0.2) is 15.8 Å². The molecule has 0 spiro atoms. The van der Waals surface area contributed by atoms with Crippen molar-refractivity contribution in [2.75, 3.05) is 0 Å². The number of halogens is 2. The van der Waals surface area contributed by atoms with Crippen molar-refractivity contribution in [3.8, 4) is 0 Å². The van der Waals surface area contributed by atoms with E-state index < -0.39 is 0 Å². The van der Waals surface area contributed by atoms with Gasteiger partial charge in [0.15, 0.2) is 0 Å². The molecule has 0 atom stereocenters. The Morgan fingerprint density at radius 2 is 1.72 bits per heavy atom. The van der Waals surface area contributed by atoms with Gasteiger partial charge in [-0.15, -0.1) is 0 Å². The number of aromatic nitrogens is 2. The van der Waals surface area contributed by atoms with Crippen LogP contribution in [0.5, 0.6) is 0 Å². The largest absolute Gasteiger partial charge is 0.299 e. The molecule has 0 saturated heterocycles. The Morgan fingerprint density at radius 3 is 2.28 bits per heavy atom. The highest BCUT2D eigenvalue weighted by Gasteiger charge is 2.23. The first-order chi connectivity index (χ1) is 8.58. The van der Waals surface area contributed by atoms with E-state index in [1.165, 1.54) is 6.42 Å². The smallest absolute Gasteiger partial charge is 0.140 e. The average molecular weight is 287 g/mol. The van der Waals surface area contributed by atoms with Crippen molar-refractivity contribution in [2.45, 2.75) is 45.4 Å². The predicted octanol–water partition coefficient (Wildman–Crippen LogP) is 3.78. The lowest BCUT2D eigenvalue weighted by Gasteiger charge is -2.20. The van der Waals surface area contributed by atoms with Crippen molar-refractivity contribution in [3.05, 3.63) is 21.7 Å². The maximum absolute atomic E-state index is 12.2.